The van der Waals surface area contributed by atoms with Crippen LogP contribution in [0.5, 0.6) is 0 Å². The zero-order valence-electron chi connectivity index (χ0n) is 22.2. The van der Waals surface area contributed by atoms with Gasteiger partial charge in [0, 0.05) is 0 Å². The molecule has 0 saturated carbocycles. The Morgan fingerprint density at radius 2 is 1.23 bits per heavy atom. The molecule has 0 aromatic rings. The third kappa shape index (κ3) is 20.9. The van der Waals surface area contributed by atoms with Crippen molar-refractivity contribution < 1.29 is 19.4 Å². The Hall–Kier alpha value is -3.40. The van der Waals surface area contributed by atoms with Gasteiger partial charge in [0.15, 0.2) is 0 Å². The minimum absolute atomic E-state index is 0.0942. The monoisotopic (exact) mass is 478 g/mol. The lowest BCUT2D eigenvalue weighted by Gasteiger charge is -2.04. The summed E-state index contributed by atoms with van der Waals surface area (Å²) in [4.78, 5) is 21.9. The average molecular weight is 479 g/mol. The van der Waals surface area contributed by atoms with Crippen molar-refractivity contribution in [1.82, 2.24) is 0 Å². The number of allylic oxidation sites excluding steroid dienone is 17. The summed E-state index contributed by atoms with van der Waals surface area (Å²) in [5, 5.41) is 8.57. The first-order valence-corrected chi connectivity index (χ1v) is 12.0. The standard InChI is InChI=1S/C31H42O4/c1-7-13-25(2)14-8-9-15-26(3)16-10-17-27(4)18-11-19-28(5)20-12-21-29(6)24-35-31(34)23-22-30(32)33/h7-11,13-19,21H,12,20,22-24H2,1-6H3,(H,32,33)/b9-8+,13-7+,16-10+,18-11+,25-14+,26-15+,27-17+,28-19+,29-21+. The predicted octanol–water partition coefficient (Wildman–Crippen LogP) is 8.15. The first-order valence-electron chi connectivity index (χ1n) is 12.0. The molecule has 0 aliphatic carbocycles. The number of aliphatic carboxylic acids is 1. The fourth-order valence-corrected chi connectivity index (χ4v) is 2.72. The van der Waals surface area contributed by atoms with Crippen molar-refractivity contribution in [3.05, 3.63) is 107 Å². The maximum atomic E-state index is 11.5. The van der Waals surface area contributed by atoms with Gasteiger partial charge in [-0.15, -0.1) is 0 Å². The second-order valence-corrected chi connectivity index (χ2v) is 8.49. The number of rotatable bonds is 15. The summed E-state index contributed by atoms with van der Waals surface area (Å²) < 4.78 is 5.07. The lowest BCUT2D eigenvalue weighted by Crippen LogP contribution is -2.08. The molecular weight excluding hydrogens is 436 g/mol. The van der Waals surface area contributed by atoms with Crippen molar-refractivity contribution >= 4 is 11.9 Å². The molecule has 0 aromatic carbocycles. The first-order chi connectivity index (χ1) is 16.6. The highest BCUT2D eigenvalue weighted by atomic mass is 16.5. The quantitative estimate of drug-likeness (QED) is 0.146. The summed E-state index contributed by atoms with van der Waals surface area (Å²) >= 11 is 0. The molecule has 0 radical (unpaired) electrons. The molecular formula is C31H42O4. The van der Waals surface area contributed by atoms with Crippen molar-refractivity contribution in [1.29, 1.82) is 0 Å². The van der Waals surface area contributed by atoms with Gasteiger partial charge < -0.3 is 9.84 Å². The maximum Gasteiger partial charge on any atom is 0.306 e. The van der Waals surface area contributed by atoms with Crippen LogP contribution in [0.25, 0.3) is 0 Å². The van der Waals surface area contributed by atoms with Crippen LogP contribution in [0, 0.1) is 0 Å². The van der Waals surface area contributed by atoms with E-state index in [-0.39, 0.29) is 19.4 Å². The van der Waals surface area contributed by atoms with E-state index in [1.54, 1.807) is 0 Å². The van der Waals surface area contributed by atoms with Gasteiger partial charge >= 0.3 is 11.9 Å². The highest BCUT2D eigenvalue weighted by molar-refractivity contribution is 5.76. The molecule has 0 aromatic heterocycles. The van der Waals surface area contributed by atoms with Crippen LogP contribution in [-0.2, 0) is 14.3 Å². The van der Waals surface area contributed by atoms with Gasteiger partial charge in [0.05, 0.1) is 12.8 Å². The SMILES string of the molecule is C/C=C/C(C)=C/C=C/C=C(C)/C=C/C=C(C)/C=C/C=C(\C)CC/C=C(\C)COC(=O)CCC(=O)O. The molecule has 4 heteroatoms. The lowest BCUT2D eigenvalue weighted by molar-refractivity contribution is -0.147. The Kier molecular flexibility index (Phi) is 18.1. The van der Waals surface area contributed by atoms with Crippen LogP contribution in [0.1, 0.15) is 67.2 Å². The molecule has 0 bridgehead atoms. The largest absolute Gasteiger partial charge is 0.481 e. The van der Waals surface area contributed by atoms with Crippen molar-refractivity contribution in [3.8, 4) is 0 Å². The van der Waals surface area contributed by atoms with Crippen LogP contribution >= 0.6 is 0 Å². The van der Waals surface area contributed by atoms with E-state index in [1.807, 2.05) is 38.2 Å². The normalized spacial score (nSPS) is 14.7. The van der Waals surface area contributed by atoms with Crippen molar-refractivity contribution in [2.24, 2.45) is 0 Å². The van der Waals surface area contributed by atoms with E-state index in [4.69, 9.17) is 9.84 Å². The number of ether oxygens (including phenoxy) is 1. The third-order valence-electron chi connectivity index (χ3n) is 4.75. The molecule has 0 aliphatic rings. The molecule has 0 rings (SSSR count). The number of hydrogen-bond acceptors (Lipinski definition) is 3. The Morgan fingerprint density at radius 3 is 1.80 bits per heavy atom. The minimum atomic E-state index is -0.997. The first kappa shape index (κ1) is 31.6. The lowest BCUT2D eigenvalue weighted by atomic mass is 10.1. The van der Waals surface area contributed by atoms with Gasteiger partial charge in [-0.05, 0) is 60.0 Å². The molecule has 0 atom stereocenters. The molecule has 4 nitrogen and oxygen atoms in total. The molecule has 0 unspecified atom stereocenters. The van der Waals surface area contributed by atoms with E-state index < -0.39 is 11.9 Å². The highest BCUT2D eigenvalue weighted by Gasteiger charge is 2.06. The third-order valence-corrected chi connectivity index (χ3v) is 4.75. The molecule has 0 fully saturated rings. The van der Waals surface area contributed by atoms with Crippen LogP contribution in [-0.4, -0.2) is 23.7 Å². The van der Waals surface area contributed by atoms with Gasteiger partial charge in [0.1, 0.15) is 6.61 Å². The number of carbonyl (C=O) groups excluding carboxylic acids is 1. The molecule has 190 valence electrons. The molecule has 0 heterocycles. The van der Waals surface area contributed by atoms with Gasteiger partial charge in [-0.1, -0.05) is 101 Å². The van der Waals surface area contributed by atoms with Crippen LogP contribution < -0.4 is 0 Å². The molecule has 0 amide bonds. The van der Waals surface area contributed by atoms with Crippen LogP contribution in [0.4, 0.5) is 0 Å². The second-order valence-electron chi connectivity index (χ2n) is 8.49. The van der Waals surface area contributed by atoms with Gasteiger partial charge in [0.2, 0.25) is 0 Å². The number of carboxylic acids is 1. The highest BCUT2D eigenvalue weighted by Crippen LogP contribution is 2.09. The maximum absolute atomic E-state index is 11.5. The fraction of sp³-hybridized carbons (Fsp3) is 0.355. The summed E-state index contributed by atoms with van der Waals surface area (Å²) in [5.74, 6) is -1.48. The Morgan fingerprint density at radius 1 is 0.686 bits per heavy atom. The van der Waals surface area contributed by atoms with Crippen molar-refractivity contribution in [2.45, 2.75) is 67.2 Å². The Balaban J connectivity index is 4.47. The zero-order valence-corrected chi connectivity index (χ0v) is 22.2. The Labute approximate surface area is 212 Å². The van der Waals surface area contributed by atoms with E-state index >= 15 is 0 Å². The van der Waals surface area contributed by atoms with Gasteiger partial charge in [-0.3, -0.25) is 9.59 Å². The van der Waals surface area contributed by atoms with E-state index in [2.05, 4.69) is 82.4 Å². The zero-order chi connectivity index (χ0) is 26.5. The number of hydrogen-bond donors (Lipinski definition) is 1. The molecule has 0 aliphatic heterocycles. The summed E-state index contributed by atoms with van der Waals surface area (Å²) in [7, 11) is 0. The fourth-order valence-electron chi connectivity index (χ4n) is 2.72. The summed E-state index contributed by atoms with van der Waals surface area (Å²) in [6.45, 7) is 12.4. The molecule has 35 heavy (non-hydrogen) atoms. The minimum Gasteiger partial charge on any atom is -0.481 e. The predicted molar refractivity (Wildman–Crippen MR) is 148 cm³/mol. The van der Waals surface area contributed by atoms with Gasteiger partial charge in [-0.2, -0.15) is 0 Å². The van der Waals surface area contributed by atoms with E-state index in [0.29, 0.717) is 0 Å². The van der Waals surface area contributed by atoms with Crippen molar-refractivity contribution in [2.75, 3.05) is 6.61 Å². The molecule has 0 spiro atoms. The van der Waals surface area contributed by atoms with E-state index in [9.17, 15) is 9.59 Å². The van der Waals surface area contributed by atoms with Crippen LogP contribution in [0.2, 0.25) is 0 Å². The van der Waals surface area contributed by atoms with Crippen LogP contribution in [0.15, 0.2) is 107 Å². The van der Waals surface area contributed by atoms with Gasteiger partial charge in [-0.25, -0.2) is 0 Å². The second kappa shape index (κ2) is 20.0. The smallest absolute Gasteiger partial charge is 0.306 e. The van der Waals surface area contributed by atoms with Crippen molar-refractivity contribution in [3.63, 3.8) is 0 Å². The summed E-state index contributed by atoms with van der Waals surface area (Å²) in [6, 6.07) is 0. The molecule has 0 saturated heterocycles. The Bertz CT molecular complexity index is 944. The van der Waals surface area contributed by atoms with E-state index in [1.165, 1.54) is 22.3 Å². The number of carbonyl (C=O) groups is 2. The number of esters is 1. The van der Waals surface area contributed by atoms with Gasteiger partial charge in [0.25, 0.3) is 0 Å². The van der Waals surface area contributed by atoms with Crippen LogP contribution in [0.3, 0.4) is 0 Å². The average Bonchev–Trinajstić information content (AvgIpc) is 2.79. The van der Waals surface area contributed by atoms with E-state index in [0.717, 1.165) is 18.4 Å². The summed E-state index contributed by atoms with van der Waals surface area (Å²) in [5.41, 5.74) is 5.79. The number of carboxylic acid groups (broad SMARTS) is 1. The summed E-state index contributed by atoms with van der Waals surface area (Å²) in [6.07, 6.45) is 28.4. The topological polar surface area (TPSA) is 63.6 Å². The molecule has 1 N–H and O–H groups in total.